The second kappa shape index (κ2) is 6.72. The van der Waals surface area contributed by atoms with Gasteiger partial charge in [0, 0.05) is 5.54 Å². The van der Waals surface area contributed by atoms with Gasteiger partial charge >= 0.3 is 0 Å². The SMILES string of the molecule is CCC(C)(N)c1ccc(/C=C/c2ccc(C(C)(C)C)cc2)cc1. The molecule has 1 unspecified atom stereocenters. The summed E-state index contributed by atoms with van der Waals surface area (Å²) in [6.45, 7) is 10.9. The number of hydrogen-bond donors (Lipinski definition) is 1. The summed E-state index contributed by atoms with van der Waals surface area (Å²) < 4.78 is 0. The van der Waals surface area contributed by atoms with Crippen LogP contribution in [-0.2, 0) is 11.0 Å². The molecular formula is C22H29N. The van der Waals surface area contributed by atoms with E-state index in [4.69, 9.17) is 5.73 Å². The van der Waals surface area contributed by atoms with Crippen LogP contribution < -0.4 is 5.73 Å². The van der Waals surface area contributed by atoms with Gasteiger partial charge in [-0.2, -0.15) is 0 Å². The van der Waals surface area contributed by atoms with Gasteiger partial charge in [-0.1, -0.05) is 88.4 Å². The summed E-state index contributed by atoms with van der Waals surface area (Å²) in [5.74, 6) is 0. The number of nitrogens with two attached hydrogens (primary N) is 1. The highest BCUT2D eigenvalue weighted by molar-refractivity contribution is 5.69. The van der Waals surface area contributed by atoms with Crippen LogP contribution in [0.2, 0.25) is 0 Å². The van der Waals surface area contributed by atoms with Gasteiger partial charge in [0.2, 0.25) is 0 Å². The van der Waals surface area contributed by atoms with Crippen molar-refractivity contribution in [2.75, 3.05) is 0 Å². The maximum absolute atomic E-state index is 6.28. The van der Waals surface area contributed by atoms with Crippen molar-refractivity contribution in [2.45, 2.75) is 52.0 Å². The van der Waals surface area contributed by atoms with Gasteiger partial charge in [-0.25, -0.2) is 0 Å². The van der Waals surface area contributed by atoms with Gasteiger partial charge in [0.25, 0.3) is 0 Å². The van der Waals surface area contributed by atoms with Crippen molar-refractivity contribution >= 4 is 12.2 Å². The molecule has 0 aromatic heterocycles. The van der Waals surface area contributed by atoms with E-state index in [0.29, 0.717) is 0 Å². The first-order valence-electron chi connectivity index (χ1n) is 8.40. The zero-order valence-corrected chi connectivity index (χ0v) is 15.1. The molecule has 0 fully saturated rings. The maximum Gasteiger partial charge on any atom is 0.0378 e. The Morgan fingerprint density at radius 3 is 1.48 bits per heavy atom. The predicted molar refractivity (Wildman–Crippen MR) is 102 cm³/mol. The van der Waals surface area contributed by atoms with E-state index >= 15 is 0 Å². The van der Waals surface area contributed by atoms with Crippen molar-refractivity contribution in [2.24, 2.45) is 5.73 Å². The van der Waals surface area contributed by atoms with E-state index in [1.165, 1.54) is 22.3 Å². The van der Waals surface area contributed by atoms with E-state index in [9.17, 15) is 0 Å². The highest BCUT2D eigenvalue weighted by Crippen LogP contribution is 2.24. The highest BCUT2D eigenvalue weighted by atomic mass is 14.7. The number of hydrogen-bond acceptors (Lipinski definition) is 1. The molecule has 0 bridgehead atoms. The predicted octanol–water partition coefficient (Wildman–Crippen LogP) is 5.74. The quantitative estimate of drug-likeness (QED) is 0.716. The zero-order valence-electron chi connectivity index (χ0n) is 15.1. The first kappa shape index (κ1) is 17.5. The lowest BCUT2D eigenvalue weighted by atomic mass is 9.86. The Hall–Kier alpha value is -1.86. The molecule has 23 heavy (non-hydrogen) atoms. The molecule has 0 radical (unpaired) electrons. The molecule has 0 heterocycles. The van der Waals surface area contributed by atoms with Gasteiger partial charge in [0.15, 0.2) is 0 Å². The summed E-state index contributed by atoms with van der Waals surface area (Å²) in [7, 11) is 0. The molecule has 1 atom stereocenters. The molecular weight excluding hydrogens is 278 g/mol. The van der Waals surface area contributed by atoms with Gasteiger partial charge in [0.1, 0.15) is 0 Å². The van der Waals surface area contributed by atoms with Gasteiger partial charge < -0.3 is 5.73 Å². The van der Waals surface area contributed by atoms with Crippen molar-refractivity contribution in [1.82, 2.24) is 0 Å². The maximum atomic E-state index is 6.28. The fraction of sp³-hybridized carbons (Fsp3) is 0.364. The second-order valence-electron chi connectivity index (χ2n) is 7.60. The molecule has 1 nitrogen and oxygen atoms in total. The molecule has 0 aliphatic heterocycles. The minimum atomic E-state index is -0.245. The second-order valence-corrected chi connectivity index (χ2v) is 7.60. The largest absolute Gasteiger partial charge is 0.322 e. The van der Waals surface area contributed by atoms with E-state index in [1.54, 1.807) is 0 Å². The van der Waals surface area contributed by atoms with E-state index in [-0.39, 0.29) is 11.0 Å². The van der Waals surface area contributed by atoms with Crippen molar-refractivity contribution < 1.29 is 0 Å². The Bertz CT molecular complexity index is 653. The Kier molecular flexibility index (Phi) is 5.11. The average Bonchev–Trinajstić information content (AvgIpc) is 2.53. The lowest BCUT2D eigenvalue weighted by molar-refractivity contribution is 0.476. The van der Waals surface area contributed by atoms with Crippen LogP contribution in [0, 0.1) is 0 Å². The smallest absolute Gasteiger partial charge is 0.0378 e. The van der Waals surface area contributed by atoms with Gasteiger partial charge in [-0.3, -0.25) is 0 Å². The summed E-state index contributed by atoms with van der Waals surface area (Å²) >= 11 is 0. The molecule has 1 heteroatoms. The molecule has 0 amide bonds. The minimum Gasteiger partial charge on any atom is -0.322 e. The first-order valence-corrected chi connectivity index (χ1v) is 8.40. The van der Waals surface area contributed by atoms with Crippen LogP contribution in [0.25, 0.3) is 12.2 Å². The molecule has 0 aliphatic rings. The summed E-state index contributed by atoms with van der Waals surface area (Å²) in [4.78, 5) is 0. The van der Waals surface area contributed by atoms with Gasteiger partial charge in [-0.15, -0.1) is 0 Å². The third-order valence-corrected chi connectivity index (χ3v) is 4.55. The van der Waals surface area contributed by atoms with Crippen LogP contribution in [0.1, 0.15) is 63.3 Å². The van der Waals surface area contributed by atoms with Crippen LogP contribution >= 0.6 is 0 Å². The summed E-state index contributed by atoms with van der Waals surface area (Å²) in [5.41, 5.74) is 11.2. The van der Waals surface area contributed by atoms with Gasteiger partial charge in [0.05, 0.1) is 0 Å². The minimum absolute atomic E-state index is 0.201. The molecule has 2 aromatic carbocycles. The third kappa shape index (κ3) is 4.56. The summed E-state index contributed by atoms with van der Waals surface area (Å²) in [5, 5.41) is 0. The van der Waals surface area contributed by atoms with Crippen molar-refractivity contribution in [3.63, 3.8) is 0 Å². The standard InChI is InChI=1S/C22H29N/c1-6-22(5,23)20-15-11-18(12-16-20)8-7-17-9-13-19(14-10-17)21(2,3)4/h7-16H,6,23H2,1-5H3/b8-7+. The van der Waals surface area contributed by atoms with Gasteiger partial charge in [-0.05, 0) is 41.0 Å². The topological polar surface area (TPSA) is 26.0 Å². The van der Waals surface area contributed by atoms with Crippen molar-refractivity contribution in [3.8, 4) is 0 Å². The Labute approximate surface area is 141 Å². The van der Waals surface area contributed by atoms with Crippen LogP contribution in [0.3, 0.4) is 0 Å². The summed E-state index contributed by atoms with van der Waals surface area (Å²) in [6.07, 6.45) is 5.24. The van der Waals surface area contributed by atoms with E-state index in [1.807, 2.05) is 0 Å². The van der Waals surface area contributed by atoms with E-state index in [0.717, 1.165) is 6.42 Å². The Morgan fingerprint density at radius 1 is 0.739 bits per heavy atom. The third-order valence-electron chi connectivity index (χ3n) is 4.55. The number of rotatable bonds is 4. The van der Waals surface area contributed by atoms with Crippen LogP contribution in [0.4, 0.5) is 0 Å². The lowest BCUT2D eigenvalue weighted by Crippen LogP contribution is -2.31. The van der Waals surface area contributed by atoms with Crippen LogP contribution in [0.15, 0.2) is 48.5 Å². The monoisotopic (exact) mass is 307 g/mol. The lowest BCUT2D eigenvalue weighted by Gasteiger charge is -2.23. The average molecular weight is 307 g/mol. The van der Waals surface area contributed by atoms with Crippen LogP contribution in [0.5, 0.6) is 0 Å². The fourth-order valence-electron chi connectivity index (χ4n) is 2.47. The Morgan fingerprint density at radius 2 is 1.13 bits per heavy atom. The van der Waals surface area contributed by atoms with Crippen molar-refractivity contribution in [3.05, 3.63) is 70.8 Å². The van der Waals surface area contributed by atoms with Crippen molar-refractivity contribution in [1.29, 1.82) is 0 Å². The van der Waals surface area contributed by atoms with E-state index < -0.39 is 0 Å². The fourth-order valence-corrected chi connectivity index (χ4v) is 2.47. The van der Waals surface area contributed by atoms with E-state index in [2.05, 4.69) is 95.3 Å². The molecule has 0 saturated heterocycles. The zero-order chi connectivity index (χ0) is 17.1. The molecule has 122 valence electrons. The highest BCUT2D eigenvalue weighted by Gasteiger charge is 2.17. The first-order chi connectivity index (χ1) is 10.7. The molecule has 0 spiro atoms. The van der Waals surface area contributed by atoms with Crippen LogP contribution in [-0.4, -0.2) is 0 Å². The molecule has 2 N–H and O–H groups in total. The summed E-state index contributed by atoms with van der Waals surface area (Å²) in [6, 6.07) is 17.3. The normalized spacial score (nSPS) is 14.9. The molecule has 2 rings (SSSR count). The Balaban J connectivity index is 2.11. The number of benzene rings is 2. The molecule has 0 aliphatic carbocycles. The molecule has 0 saturated carbocycles. The molecule has 2 aromatic rings.